The monoisotopic (exact) mass is 661 g/mol. The fourth-order valence-electron chi connectivity index (χ4n) is 10.5. The van der Waals surface area contributed by atoms with Crippen LogP contribution in [0.15, 0.2) is 115 Å². The Bertz CT molecular complexity index is 2130. The van der Waals surface area contributed by atoms with Crippen LogP contribution in [0.4, 0.5) is 0 Å². The van der Waals surface area contributed by atoms with Gasteiger partial charge in [0, 0.05) is 29.0 Å². The zero-order valence-corrected chi connectivity index (χ0v) is 27.8. The zero-order chi connectivity index (χ0) is 34.1. The third kappa shape index (κ3) is 4.33. The summed E-state index contributed by atoms with van der Waals surface area (Å²) >= 11 is 0. The van der Waals surface area contributed by atoms with Gasteiger partial charge < -0.3 is 5.11 Å². The van der Waals surface area contributed by atoms with Crippen molar-refractivity contribution in [3.05, 3.63) is 131 Å². The number of Topliss-reactive ketones (excluding diaryl/α,β-unsaturated/α-hetero) is 1. The quantitative estimate of drug-likeness (QED) is 0.179. The third-order valence-corrected chi connectivity index (χ3v) is 12.6. The van der Waals surface area contributed by atoms with E-state index in [1.165, 1.54) is 6.08 Å². The Morgan fingerprint density at radius 2 is 1.42 bits per heavy atom. The van der Waals surface area contributed by atoms with Gasteiger partial charge in [0.1, 0.15) is 5.75 Å². The van der Waals surface area contributed by atoms with E-state index in [-0.39, 0.29) is 41.6 Å². The summed E-state index contributed by atoms with van der Waals surface area (Å²) in [6, 6.07) is 30.1. The molecule has 50 heavy (non-hydrogen) atoms. The summed E-state index contributed by atoms with van der Waals surface area (Å²) in [4.78, 5) is 60.8. The smallest absolute Gasteiger partial charge is 0.233 e. The highest BCUT2D eigenvalue weighted by atomic mass is 16.3. The third-order valence-electron chi connectivity index (χ3n) is 12.6. The number of aromatic hydroxyl groups is 1. The largest absolute Gasteiger partial charge is 0.508 e. The van der Waals surface area contributed by atoms with Gasteiger partial charge in [0.2, 0.25) is 11.8 Å². The van der Waals surface area contributed by atoms with E-state index in [0.29, 0.717) is 28.7 Å². The molecule has 2 amide bonds. The molecule has 4 aromatic carbocycles. The van der Waals surface area contributed by atoms with Crippen LogP contribution in [0, 0.1) is 23.7 Å². The summed E-state index contributed by atoms with van der Waals surface area (Å²) in [7, 11) is 0. The van der Waals surface area contributed by atoms with E-state index in [1.54, 1.807) is 11.0 Å². The van der Waals surface area contributed by atoms with E-state index < -0.39 is 35.0 Å². The van der Waals surface area contributed by atoms with Crippen molar-refractivity contribution < 1.29 is 24.3 Å². The first kappa shape index (κ1) is 30.9. The first-order valence-electron chi connectivity index (χ1n) is 18.1. The molecule has 6 heteroatoms. The molecule has 6 atom stereocenters. The number of hydrogen-bond donors (Lipinski definition) is 1. The Morgan fingerprint density at radius 1 is 0.720 bits per heavy atom. The molecule has 0 aromatic heterocycles. The highest BCUT2D eigenvalue weighted by Crippen LogP contribution is 2.65. The van der Waals surface area contributed by atoms with Gasteiger partial charge in [0.25, 0.3) is 0 Å². The number of rotatable bonds is 4. The van der Waals surface area contributed by atoms with Crippen molar-refractivity contribution in [1.82, 2.24) is 4.90 Å². The van der Waals surface area contributed by atoms with Crippen LogP contribution < -0.4 is 0 Å². The number of ketones is 2. The minimum atomic E-state index is -1.39. The normalized spacial score (nSPS) is 29.7. The van der Waals surface area contributed by atoms with Crippen LogP contribution in [0.25, 0.3) is 16.3 Å². The molecule has 1 aliphatic heterocycles. The lowest BCUT2D eigenvalue weighted by atomic mass is 9.44. The second-order valence-electron chi connectivity index (χ2n) is 14.8. The van der Waals surface area contributed by atoms with Crippen molar-refractivity contribution >= 4 is 39.7 Å². The van der Waals surface area contributed by atoms with E-state index in [2.05, 4.69) is 6.08 Å². The lowest BCUT2D eigenvalue weighted by Crippen LogP contribution is -2.59. The molecule has 0 radical (unpaired) electrons. The maximum absolute atomic E-state index is 15.3. The molecule has 4 aliphatic carbocycles. The van der Waals surface area contributed by atoms with Gasteiger partial charge in [-0.1, -0.05) is 122 Å². The van der Waals surface area contributed by atoms with Gasteiger partial charge in [-0.25, -0.2) is 0 Å². The van der Waals surface area contributed by atoms with Crippen molar-refractivity contribution in [3.8, 4) is 5.75 Å². The Hall–Kier alpha value is -5.10. The Kier molecular flexibility index (Phi) is 7.27. The number of amides is 2. The lowest BCUT2D eigenvalue weighted by molar-refractivity contribution is -0.144. The number of likely N-dealkylation sites (tertiary alicyclic amines) is 1. The molecule has 4 aromatic rings. The zero-order valence-electron chi connectivity index (χ0n) is 27.8. The minimum Gasteiger partial charge on any atom is -0.508 e. The molecule has 250 valence electrons. The van der Waals surface area contributed by atoms with E-state index >= 15 is 9.59 Å². The first-order chi connectivity index (χ1) is 24.4. The summed E-state index contributed by atoms with van der Waals surface area (Å²) in [5.74, 6) is -3.68. The second-order valence-corrected chi connectivity index (χ2v) is 14.8. The number of imide groups is 1. The molecule has 1 N–H and O–H groups in total. The highest BCUT2D eigenvalue weighted by molar-refractivity contribution is 6.32. The summed E-state index contributed by atoms with van der Waals surface area (Å²) in [5, 5.41) is 13.6. The molecule has 3 fully saturated rings. The summed E-state index contributed by atoms with van der Waals surface area (Å²) < 4.78 is 0. The van der Waals surface area contributed by atoms with E-state index in [0.717, 1.165) is 48.4 Å². The predicted octanol–water partition coefficient (Wildman–Crippen LogP) is 7.70. The molecule has 2 saturated carbocycles. The topological polar surface area (TPSA) is 91.8 Å². The van der Waals surface area contributed by atoms with Gasteiger partial charge in [-0.3, -0.25) is 24.1 Å². The van der Waals surface area contributed by atoms with Crippen LogP contribution in [0.2, 0.25) is 0 Å². The number of phenols is 1. The molecular formula is C44H39NO5. The van der Waals surface area contributed by atoms with Crippen LogP contribution in [0.3, 0.4) is 0 Å². The number of fused-ring (bicyclic) bond motifs is 5. The van der Waals surface area contributed by atoms with Crippen LogP contribution >= 0.6 is 0 Å². The molecule has 1 heterocycles. The minimum absolute atomic E-state index is 0.0437. The van der Waals surface area contributed by atoms with Crippen molar-refractivity contribution in [2.45, 2.75) is 62.3 Å². The average Bonchev–Trinajstić information content (AvgIpc) is 3.42. The maximum atomic E-state index is 15.3. The van der Waals surface area contributed by atoms with E-state index in [9.17, 15) is 14.7 Å². The predicted molar refractivity (Wildman–Crippen MR) is 191 cm³/mol. The van der Waals surface area contributed by atoms with Gasteiger partial charge in [-0.05, 0) is 65.6 Å². The highest BCUT2D eigenvalue weighted by Gasteiger charge is 2.66. The number of hydrogen-bond acceptors (Lipinski definition) is 5. The second kappa shape index (κ2) is 11.8. The fraction of sp³-hybridized carbons (Fsp3) is 0.318. The Morgan fingerprint density at radius 3 is 2.18 bits per heavy atom. The van der Waals surface area contributed by atoms with Gasteiger partial charge in [-0.15, -0.1) is 0 Å². The molecule has 0 unspecified atom stereocenters. The maximum Gasteiger partial charge on any atom is 0.233 e. The number of carbonyl (C=O) groups is 4. The Balaban J connectivity index is 1.31. The summed E-state index contributed by atoms with van der Waals surface area (Å²) in [6.45, 7) is 0. The summed E-state index contributed by atoms with van der Waals surface area (Å²) in [5.41, 5.74) is 1.83. The van der Waals surface area contributed by atoms with Crippen molar-refractivity contribution in [2.75, 3.05) is 0 Å². The number of carbonyl (C=O) groups excluding carboxylic acids is 4. The van der Waals surface area contributed by atoms with Crippen LogP contribution in [-0.4, -0.2) is 39.4 Å². The summed E-state index contributed by atoms with van der Waals surface area (Å²) in [6.07, 6.45) is 9.02. The van der Waals surface area contributed by atoms with Crippen LogP contribution in [0.1, 0.15) is 67.6 Å². The van der Waals surface area contributed by atoms with Crippen LogP contribution in [-0.2, 0) is 24.6 Å². The van der Waals surface area contributed by atoms with E-state index in [4.69, 9.17) is 0 Å². The number of nitrogens with zero attached hydrogens (tertiary/aromatic N) is 1. The molecule has 9 rings (SSSR count). The SMILES string of the molecule is O=C1C(c2ccccc2)=CC(=O)[C@@]2(c3ccccc3)[C@@H](c3c(O)ccc4ccccc34)C3=CC[C@@H]4C(=O)N(C5CCCCC5)C(=O)[C@@H]4[C@@H]3C[C@@H]12. The van der Waals surface area contributed by atoms with Crippen LogP contribution in [0.5, 0.6) is 5.75 Å². The standard InChI is InChI=1S/C44H39NO5/c46-36-23-20-27-14-10-11-19-30(27)39(36)40-31-21-22-32-38(43(50)45(42(32)49)29-17-8-3-9-18-29)34(31)24-35-41(48)33(26-12-4-1-5-13-26)25-37(47)44(35,40)28-15-6-2-7-16-28/h1-2,4-7,10-16,19-21,23,25,29,32,34-35,38,40,46H,3,8-9,17-18,22,24H2/t32-,34+,35-,38-,40+,44-/m0/s1. The number of allylic oxidation sites excluding steroid dienone is 4. The first-order valence-corrected chi connectivity index (χ1v) is 18.1. The molecule has 0 bridgehead atoms. The molecular weight excluding hydrogens is 622 g/mol. The van der Waals surface area contributed by atoms with Crippen molar-refractivity contribution in [1.29, 1.82) is 0 Å². The van der Waals surface area contributed by atoms with E-state index in [1.807, 2.05) is 91.0 Å². The molecule has 5 aliphatic rings. The van der Waals surface area contributed by atoms with Crippen molar-refractivity contribution in [3.63, 3.8) is 0 Å². The molecule has 6 nitrogen and oxygen atoms in total. The average molecular weight is 662 g/mol. The van der Waals surface area contributed by atoms with Gasteiger partial charge in [0.05, 0.1) is 17.3 Å². The lowest BCUT2D eigenvalue weighted by Gasteiger charge is -2.55. The molecule has 0 spiro atoms. The molecule has 1 saturated heterocycles. The number of benzene rings is 4. The van der Waals surface area contributed by atoms with Gasteiger partial charge in [-0.2, -0.15) is 0 Å². The van der Waals surface area contributed by atoms with Crippen molar-refractivity contribution in [2.24, 2.45) is 23.7 Å². The van der Waals surface area contributed by atoms with Gasteiger partial charge >= 0.3 is 0 Å². The number of phenolic OH excluding ortho intramolecular Hbond substituents is 1. The Labute approximate surface area is 291 Å². The fourth-order valence-corrected chi connectivity index (χ4v) is 10.5. The van der Waals surface area contributed by atoms with Gasteiger partial charge in [0.15, 0.2) is 11.6 Å².